The number of rotatable bonds is 3. The number of carbonyl (C=O) groups is 2. The third-order valence-corrected chi connectivity index (χ3v) is 4.91. The van der Waals surface area contributed by atoms with Gasteiger partial charge in [0.1, 0.15) is 11.8 Å². The lowest BCUT2D eigenvalue weighted by Crippen LogP contribution is -2.45. The smallest absolute Gasteiger partial charge is 0.338 e. The molecule has 1 atom stereocenters. The van der Waals surface area contributed by atoms with Crippen molar-refractivity contribution in [3.05, 3.63) is 93.3 Å². The number of phenolic OH excluding ortho intramolecular Hbond substituents is 1. The number of anilines is 1. The standard InChI is InChI=1S/C21H17N3O5/c25-16-8-6-15(7-9-16)22-12-10-17(20(22)28)23-13-11-18(26)24(21(23)29)19(27)14-4-2-1-3-5-14/h1-9,11,13,17,25H,10,12H2. The summed E-state index contributed by atoms with van der Waals surface area (Å²) < 4.78 is 1.68. The van der Waals surface area contributed by atoms with Crippen molar-refractivity contribution in [2.75, 3.05) is 11.4 Å². The van der Waals surface area contributed by atoms with Gasteiger partial charge in [-0.2, -0.15) is 4.57 Å². The first-order valence-corrected chi connectivity index (χ1v) is 9.02. The maximum Gasteiger partial charge on any atom is 0.338 e. The van der Waals surface area contributed by atoms with Gasteiger partial charge in [-0.25, -0.2) is 4.79 Å². The lowest BCUT2D eigenvalue weighted by atomic mass is 10.2. The van der Waals surface area contributed by atoms with E-state index in [0.717, 1.165) is 10.6 Å². The topological polar surface area (TPSA) is 102 Å². The molecule has 0 saturated carbocycles. The van der Waals surface area contributed by atoms with Gasteiger partial charge < -0.3 is 10.0 Å². The molecule has 0 radical (unpaired) electrons. The maximum absolute atomic E-state index is 12.9. The summed E-state index contributed by atoms with van der Waals surface area (Å²) in [6.45, 7) is 0.368. The molecule has 1 aliphatic rings. The van der Waals surface area contributed by atoms with Crippen molar-refractivity contribution in [3.63, 3.8) is 0 Å². The number of phenols is 1. The fourth-order valence-electron chi connectivity index (χ4n) is 3.44. The molecule has 2 heterocycles. The highest BCUT2D eigenvalue weighted by atomic mass is 16.3. The molecule has 1 saturated heterocycles. The van der Waals surface area contributed by atoms with Gasteiger partial charge in [0.15, 0.2) is 0 Å². The Bertz CT molecular complexity index is 1200. The van der Waals surface area contributed by atoms with Gasteiger partial charge in [0.25, 0.3) is 11.5 Å². The van der Waals surface area contributed by atoms with Gasteiger partial charge >= 0.3 is 5.69 Å². The summed E-state index contributed by atoms with van der Waals surface area (Å²) in [5.41, 5.74) is -0.803. The normalized spacial score (nSPS) is 16.2. The first-order valence-electron chi connectivity index (χ1n) is 9.02. The van der Waals surface area contributed by atoms with E-state index in [4.69, 9.17) is 0 Å². The van der Waals surface area contributed by atoms with E-state index < -0.39 is 23.2 Å². The van der Waals surface area contributed by atoms with Crippen molar-refractivity contribution in [1.82, 2.24) is 9.13 Å². The number of aromatic nitrogens is 2. The molecular formula is C21H17N3O5. The molecule has 1 aliphatic heterocycles. The van der Waals surface area contributed by atoms with Gasteiger partial charge in [-0.1, -0.05) is 18.2 Å². The average molecular weight is 391 g/mol. The minimum absolute atomic E-state index is 0.0830. The van der Waals surface area contributed by atoms with Crippen LogP contribution in [0.5, 0.6) is 5.75 Å². The molecule has 0 bridgehead atoms. The number of hydrogen-bond acceptors (Lipinski definition) is 5. The summed E-state index contributed by atoms with van der Waals surface area (Å²) in [6, 6.07) is 14.5. The third kappa shape index (κ3) is 3.25. The predicted molar refractivity (Wildman–Crippen MR) is 105 cm³/mol. The van der Waals surface area contributed by atoms with Crippen molar-refractivity contribution in [3.8, 4) is 5.75 Å². The SMILES string of the molecule is O=C1C(n2ccc(=O)n(C(=O)c3ccccc3)c2=O)CCN1c1ccc(O)cc1. The molecule has 8 nitrogen and oxygen atoms in total. The molecule has 1 unspecified atom stereocenters. The van der Waals surface area contributed by atoms with Gasteiger partial charge in [0, 0.05) is 30.1 Å². The van der Waals surface area contributed by atoms with E-state index in [2.05, 4.69) is 0 Å². The van der Waals surface area contributed by atoms with E-state index in [1.165, 1.54) is 35.4 Å². The van der Waals surface area contributed by atoms with Crippen molar-refractivity contribution in [2.24, 2.45) is 0 Å². The van der Waals surface area contributed by atoms with Gasteiger partial charge in [-0.3, -0.25) is 19.0 Å². The Morgan fingerprint density at radius 1 is 0.931 bits per heavy atom. The van der Waals surface area contributed by atoms with Crippen molar-refractivity contribution in [1.29, 1.82) is 0 Å². The molecule has 0 aliphatic carbocycles. The Morgan fingerprint density at radius 2 is 1.62 bits per heavy atom. The Morgan fingerprint density at radius 3 is 2.31 bits per heavy atom. The summed E-state index contributed by atoms with van der Waals surface area (Å²) in [4.78, 5) is 52.3. The second kappa shape index (κ2) is 7.23. The van der Waals surface area contributed by atoms with E-state index in [1.807, 2.05) is 0 Å². The van der Waals surface area contributed by atoms with Crippen molar-refractivity contribution < 1.29 is 14.7 Å². The maximum atomic E-state index is 12.9. The molecule has 0 spiro atoms. The molecule has 8 heteroatoms. The minimum Gasteiger partial charge on any atom is -0.508 e. The number of benzene rings is 2. The van der Waals surface area contributed by atoms with E-state index in [1.54, 1.807) is 30.3 Å². The molecule has 4 rings (SSSR count). The number of hydrogen-bond donors (Lipinski definition) is 1. The van der Waals surface area contributed by atoms with Crippen LogP contribution in [0.25, 0.3) is 0 Å². The zero-order valence-corrected chi connectivity index (χ0v) is 15.3. The summed E-state index contributed by atoms with van der Waals surface area (Å²) in [6.07, 6.45) is 1.60. The Kier molecular flexibility index (Phi) is 4.59. The largest absolute Gasteiger partial charge is 0.508 e. The van der Waals surface area contributed by atoms with Crippen LogP contribution < -0.4 is 16.1 Å². The second-order valence-corrected chi connectivity index (χ2v) is 6.66. The van der Waals surface area contributed by atoms with Crippen LogP contribution in [0.3, 0.4) is 0 Å². The van der Waals surface area contributed by atoms with E-state index in [9.17, 15) is 24.3 Å². The molecule has 146 valence electrons. The van der Waals surface area contributed by atoms with Crippen LogP contribution in [0.15, 0.2) is 76.4 Å². The molecule has 1 N–H and O–H groups in total. The fraction of sp³-hybridized carbons (Fsp3) is 0.143. The van der Waals surface area contributed by atoms with Crippen LogP contribution in [0.2, 0.25) is 0 Å². The van der Waals surface area contributed by atoms with Gasteiger partial charge in [-0.15, -0.1) is 0 Å². The Balaban J connectivity index is 1.71. The van der Waals surface area contributed by atoms with E-state index >= 15 is 0 Å². The minimum atomic E-state index is -0.850. The molecule has 1 amide bonds. The number of aromatic hydroxyl groups is 1. The highest BCUT2D eigenvalue weighted by Gasteiger charge is 2.35. The van der Waals surface area contributed by atoms with Gasteiger partial charge in [0.2, 0.25) is 5.91 Å². The molecule has 3 aromatic rings. The molecule has 2 aromatic carbocycles. The average Bonchev–Trinajstić information content (AvgIpc) is 3.10. The van der Waals surface area contributed by atoms with Gasteiger partial charge in [0.05, 0.1) is 0 Å². The highest BCUT2D eigenvalue weighted by Crippen LogP contribution is 2.28. The summed E-state index contributed by atoms with van der Waals surface area (Å²) in [5, 5.41) is 9.42. The number of amides is 1. The van der Waals surface area contributed by atoms with E-state index in [-0.39, 0.29) is 17.2 Å². The monoisotopic (exact) mass is 391 g/mol. The van der Waals surface area contributed by atoms with Crippen LogP contribution in [0.1, 0.15) is 22.8 Å². The zero-order chi connectivity index (χ0) is 20.5. The quantitative estimate of drug-likeness (QED) is 0.727. The van der Waals surface area contributed by atoms with Crippen LogP contribution >= 0.6 is 0 Å². The first kappa shape index (κ1) is 18.4. The van der Waals surface area contributed by atoms with Crippen LogP contribution in [-0.4, -0.2) is 32.6 Å². The van der Waals surface area contributed by atoms with Crippen molar-refractivity contribution in [2.45, 2.75) is 12.5 Å². The Labute approximate surface area is 164 Å². The lowest BCUT2D eigenvalue weighted by Gasteiger charge is -2.18. The van der Waals surface area contributed by atoms with Crippen molar-refractivity contribution >= 4 is 17.5 Å². The summed E-state index contributed by atoms with van der Waals surface area (Å²) in [5.74, 6) is -0.981. The predicted octanol–water partition coefficient (Wildman–Crippen LogP) is 1.38. The van der Waals surface area contributed by atoms with Crippen LogP contribution in [0, 0.1) is 0 Å². The fourth-order valence-corrected chi connectivity index (χ4v) is 3.44. The highest BCUT2D eigenvalue weighted by molar-refractivity contribution is 5.98. The van der Waals surface area contributed by atoms with Gasteiger partial charge in [-0.05, 0) is 42.8 Å². The lowest BCUT2D eigenvalue weighted by molar-refractivity contribution is -0.119. The zero-order valence-electron chi connectivity index (χ0n) is 15.3. The van der Waals surface area contributed by atoms with E-state index in [0.29, 0.717) is 23.2 Å². The molecule has 1 fully saturated rings. The first-order chi connectivity index (χ1) is 14.0. The summed E-state index contributed by atoms with van der Waals surface area (Å²) in [7, 11) is 0. The summed E-state index contributed by atoms with van der Waals surface area (Å²) >= 11 is 0. The molecule has 1 aromatic heterocycles. The second-order valence-electron chi connectivity index (χ2n) is 6.66. The Hall–Kier alpha value is -3.94. The number of carbonyl (C=O) groups excluding carboxylic acids is 2. The van der Waals surface area contributed by atoms with Crippen LogP contribution in [-0.2, 0) is 4.79 Å². The molecule has 29 heavy (non-hydrogen) atoms. The number of nitrogens with zero attached hydrogens (tertiary/aromatic N) is 3. The third-order valence-electron chi connectivity index (χ3n) is 4.91. The van der Waals surface area contributed by atoms with Crippen LogP contribution in [0.4, 0.5) is 5.69 Å². The molecular weight excluding hydrogens is 374 g/mol.